The van der Waals surface area contributed by atoms with E-state index in [1.54, 1.807) is 18.7 Å². The SMILES string of the molecule is C[C@H](CO)N1C(=O)[C@@H]2[C@@H](C(=O)Nc3ccccc3)[C@@H]3SC2(CC3Br)C1C(=O)Nc1ccc2ccccc2c1. The normalized spacial score (nSPS) is 30.3. The minimum Gasteiger partial charge on any atom is -0.394 e. The molecule has 3 unspecified atom stereocenters. The molecule has 1 spiro atoms. The van der Waals surface area contributed by atoms with Gasteiger partial charge < -0.3 is 20.6 Å². The number of halogens is 1. The van der Waals surface area contributed by atoms with Crippen LogP contribution in [0.15, 0.2) is 72.8 Å². The number of rotatable bonds is 6. The lowest BCUT2D eigenvalue weighted by atomic mass is 9.70. The van der Waals surface area contributed by atoms with Gasteiger partial charge in [0.05, 0.1) is 29.2 Å². The lowest BCUT2D eigenvalue weighted by Gasteiger charge is -2.36. The van der Waals surface area contributed by atoms with Crippen LogP contribution in [0.2, 0.25) is 0 Å². The first-order valence-electron chi connectivity index (χ1n) is 12.7. The summed E-state index contributed by atoms with van der Waals surface area (Å²) in [5.74, 6) is -2.01. The number of hydrogen-bond donors (Lipinski definition) is 3. The van der Waals surface area contributed by atoms with Crippen molar-refractivity contribution in [3.63, 3.8) is 0 Å². The maximum Gasteiger partial charge on any atom is 0.248 e. The minimum absolute atomic E-state index is 0.0246. The number of benzene rings is 3. The number of fused-ring (bicyclic) bond motifs is 2. The zero-order valence-electron chi connectivity index (χ0n) is 20.7. The average molecular weight is 595 g/mol. The van der Waals surface area contributed by atoms with E-state index in [0.717, 1.165) is 10.8 Å². The molecule has 3 saturated heterocycles. The van der Waals surface area contributed by atoms with Gasteiger partial charge in [0.25, 0.3) is 0 Å². The van der Waals surface area contributed by atoms with Crippen LogP contribution in [0.1, 0.15) is 13.3 Å². The Morgan fingerprint density at radius 1 is 1.03 bits per heavy atom. The van der Waals surface area contributed by atoms with E-state index in [1.165, 1.54) is 4.90 Å². The summed E-state index contributed by atoms with van der Waals surface area (Å²) in [6, 6.07) is 21.4. The molecule has 3 fully saturated rings. The Morgan fingerprint density at radius 2 is 1.71 bits per heavy atom. The second kappa shape index (κ2) is 9.70. The summed E-state index contributed by atoms with van der Waals surface area (Å²) in [6.07, 6.45) is 0.582. The maximum absolute atomic E-state index is 14.0. The predicted octanol–water partition coefficient (Wildman–Crippen LogP) is 4.26. The van der Waals surface area contributed by atoms with Crippen LogP contribution < -0.4 is 10.6 Å². The highest BCUT2D eigenvalue weighted by Gasteiger charge is 2.76. The number of alkyl halides is 1. The van der Waals surface area contributed by atoms with Gasteiger partial charge in [0.15, 0.2) is 0 Å². The van der Waals surface area contributed by atoms with Crippen molar-refractivity contribution in [3.8, 4) is 0 Å². The number of carbonyl (C=O) groups is 3. The van der Waals surface area contributed by atoms with Crippen LogP contribution in [-0.2, 0) is 14.4 Å². The van der Waals surface area contributed by atoms with Crippen molar-refractivity contribution in [1.29, 1.82) is 0 Å². The maximum atomic E-state index is 14.0. The topological polar surface area (TPSA) is 98.7 Å². The van der Waals surface area contributed by atoms with E-state index < -0.39 is 28.7 Å². The molecule has 3 aliphatic heterocycles. The van der Waals surface area contributed by atoms with Crippen molar-refractivity contribution in [2.24, 2.45) is 11.8 Å². The van der Waals surface area contributed by atoms with Gasteiger partial charge in [0, 0.05) is 21.5 Å². The third-order valence-corrected chi connectivity index (χ3v) is 11.3. The summed E-state index contributed by atoms with van der Waals surface area (Å²) in [7, 11) is 0. The summed E-state index contributed by atoms with van der Waals surface area (Å²) in [5, 5.41) is 18.0. The first-order valence-corrected chi connectivity index (χ1v) is 14.5. The number of para-hydroxylation sites is 1. The smallest absolute Gasteiger partial charge is 0.248 e. The van der Waals surface area contributed by atoms with Gasteiger partial charge >= 0.3 is 0 Å². The molecule has 196 valence electrons. The number of amides is 3. The van der Waals surface area contributed by atoms with Crippen LogP contribution >= 0.6 is 27.7 Å². The quantitative estimate of drug-likeness (QED) is 0.371. The van der Waals surface area contributed by atoms with Crippen LogP contribution in [0.5, 0.6) is 0 Å². The predicted molar refractivity (Wildman–Crippen MR) is 153 cm³/mol. The van der Waals surface area contributed by atoms with Crippen molar-refractivity contribution in [2.45, 2.75) is 40.3 Å². The first-order chi connectivity index (χ1) is 18.3. The Bertz CT molecular complexity index is 1420. The molecular formula is C29H28BrN3O4S. The van der Waals surface area contributed by atoms with Gasteiger partial charge in [-0.15, -0.1) is 11.8 Å². The number of likely N-dealkylation sites (tertiary alicyclic amines) is 1. The Labute approximate surface area is 233 Å². The fourth-order valence-corrected chi connectivity index (χ4v) is 10.1. The van der Waals surface area contributed by atoms with Crippen molar-refractivity contribution in [2.75, 3.05) is 17.2 Å². The average Bonchev–Trinajstić information content (AvgIpc) is 3.52. The van der Waals surface area contributed by atoms with Crippen molar-refractivity contribution >= 4 is 67.6 Å². The van der Waals surface area contributed by atoms with Crippen molar-refractivity contribution < 1.29 is 19.5 Å². The standard InChI is InChI=1S/C29H28BrN3O4S/c1-16(15-34)33-25(27(36)32-20-12-11-17-7-5-6-8-18(17)13-20)29-14-21(30)24(38-29)22(23(29)28(33)37)26(35)31-19-9-3-2-4-10-19/h2-13,16,21-25,34H,14-15H2,1H3,(H,31,35)(H,32,36)/t16-,21?,22-,23+,24-,25?,29?/m1/s1. The van der Waals surface area contributed by atoms with E-state index in [4.69, 9.17) is 0 Å². The van der Waals surface area contributed by atoms with Crippen molar-refractivity contribution in [3.05, 3.63) is 72.8 Å². The molecule has 0 radical (unpaired) electrons. The van der Waals surface area contributed by atoms with Crippen LogP contribution in [0.3, 0.4) is 0 Å². The van der Waals surface area contributed by atoms with Gasteiger partial charge in [-0.25, -0.2) is 0 Å². The number of anilines is 2. The summed E-state index contributed by atoms with van der Waals surface area (Å²) < 4.78 is -0.779. The Kier molecular flexibility index (Phi) is 6.48. The number of aliphatic hydroxyl groups excluding tert-OH is 1. The molecule has 3 amide bonds. The second-order valence-corrected chi connectivity index (χ2v) is 13.1. The van der Waals surface area contributed by atoms with E-state index in [0.29, 0.717) is 17.8 Å². The number of nitrogens with zero attached hydrogens (tertiary/aromatic N) is 1. The zero-order valence-corrected chi connectivity index (χ0v) is 23.1. The summed E-state index contributed by atoms with van der Waals surface area (Å²) >= 11 is 5.35. The lowest BCUT2D eigenvalue weighted by Crippen LogP contribution is -2.54. The van der Waals surface area contributed by atoms with Gasteiger partial charge in [-0.05, 0) is 48.4 Å². The molecule has 6 rings (SSSR count). The molecular weight excluding hydrogens is 566 g/mol. The molecule has 0 aliphatic carbocycles. The van der Waals surface area contributed by atoms with Crippen LogP contribution in [0.25, 0.3) is 10.8 Å². The number of carbonyl (C=O) groups excluding carboxylic acids is 3. The molecule has 0 aromatic heterocycles. The fourth-order valence-electron chi connectivity index (χ4n) is 6.45. The molecule has 38 heavy (non-hydrogen) atoms. The lowest BCUT2D eigenvalue weighted by molar-refractivity contribution is -0.140. The van der Waals surface area contributed by atoms with Crippen LogP contribution in [-0.4, -0.2) is 61.2 Å². The van der Waals surface area contributed by atoms with Gasteiger partial charge in [-0.2, -0.15) is 0 Å². The van der Waals surface area contributed by atoms with Gasteiger partial charge in [0.1, 0.15) is 6.04 Å². The second-order valence-electron chi connectivity index (χ2n) is 10.3. The highest BCUT2D eigenvalue weighted by Crippen LogP contribution is 2.68. The molecule has 3 aromatic carbocycles. The highest BCUT2D eigenvalue weighted by atomic mass is 79.9. The van der Waals surface area contributed by atoms with E-state index >= 15 is 0 Å². The van der Waals surface area contributed by atoms with Gasteiger partial charge in [-0.1, -0.05) is 64.5 Å². The molecule has 3 N–H and O–H groups in total. The van der Waals surface area contributed by atoms with E-state index in [1.807, 2.05) is 72.8 Å². The van der Waals surface area contributed by atoms with Crippen LogP contribution in [0.4, 0.5) is 11.4 Å². The van der Waals surface area contributed by atoms with Gasteiger partial charge in [-0.3, -0.25) is 14.4 Å². The Hall–Kier alpha value is -2.88. The number of nitrogens with one attached hydrogen (secondary N) is 2. The van der Waals surface area contributed by atoms with Crippen LogP contribution in [0, 0.1) is 11.8 Å². The molecule has 3 heterocycles. The molecule has 0 saturated carbocycles. The van der Waals surface area contributed by atoms with E-state index in [-0.39, 0.29) is 34.4 Å². The first kappa shape index (κ1) is 25.4. The number of thioether (sulfide) groups is 1. The molecule has 7 nitrogen and oxygen atoms in total. The monoisotopic (exact) mass is 593 g/mol. The van der Waals surface area contributed by atoms with Crippen molar-refractivity contribution in [1.82, 2.24) is 4.90 Å². The number of aliphatic hydroxyl groups is 1. The fraction of sp³-hybridized carbons (Fsp3) is 0.345. The molecule has 2 bridgehead atoms. The Morgan fingerprint density at radius 3 is 2.45 bits per heavy atom. The third kappa shape index (κ3) is 3.94. The van der Waals surface area contributed by atoms with E-state index in [2.05, 4.69) is 26.6 Å². The molecule has 9 heteroatoms. The Balaban J connectivity index is 1.35. The summed E-state index contributed by atoms with van der Waals surface area (Å²) in [4.78, 5) is 43.1. The molecule has 3 aliphatic rings. The highest BCUT2D eigenvalue weighted by molar-refractivity contribution is 9.09. The molecule has 3 aromatic rings. The summed E-state index contributed by atoms with van der Waals surface area (Å²) in [5.41, 5.74) is 1.31. The largest absolute Gasteiger partial charge is 0.394 e. The third-order valence-electron chi connectivity index (χ3n) is 8.08. The van der Waals surface area contributed by atoms with Gasteiger partial charge in [0.2, 0.25) is 17.7 Å². The summed E-state index contributed by atoms with van der Waals surface area (Å²) in [6.45, 7) is 1.47. The zero-order chi connectivity index (χ0) is 26.6. The molecule has 7 atom stereocenters. The minimum atomic E-state index is -0.821. The number of hydrogen-bond acceptors (Lipinski definition) is 5. The van der Waals surface area contributed by atoms with E-state index in [9.17, 15) is 19.5 Å².